The van der Waals surface area contributed by atoms with Crippen LogP contribution in [0.15, 0.2) is 60.9 Å². The Morgan fingerprint density at radius 3 is 2.63 bits per heavy atom. The second-order valence-electron chi connectivity index (χ2n) is 6.36. The van der Waals surface area contributed by atoms with Crippen LogP contribution in [0.1, 0.15) is 22.0 Å². The summed E-state index contributed by atoms with van der Waals surface area (Å²) in [6.07, 6.45) is 1.00. The van der Waals surface area contributed by atoms with Gasteiger partial charge in [-0.25, -0.2) is 4.98 Å². The lowest BCUT2D eigenvalue weighted by Crippen LogP contribution is -2.49. The third-order valence-corrected chi connectivity index (χ3v) is 4.75. The average molecular weight is 364 g/mol. The Bertz CT molecular complexity index is 881. The number of morpholine rings is 1. The molecule has 1 amide bonds. The SMILES string of the molecule is O=C(c1ccc(-c2ncn[nH]2)cc1)N1CCO[C@@H](CO)[C@@H]1c1ccccc1. The van der Waals surface area contributed by atoms with E-state index in [0.717, 1.165) is 11.1 Å². The van der Waals surface area contributed by atoms with Crippen molar-refractivity contribution in [2.24, 2.45) is 0 Å². The molecule has 3 aromatic rings. The number of H-pyrrole nitrogens is 1. The maximum atomic E-state index is 13.2. The quantitative estimate of drug-likeness (QED) is 0.739. The Labute approximate surface area is 156 Å². The molecule has 1 saturated heterocycles. The Morgan fingerprint density at radius 2 is 1.96 bits per heavy atom. The van der Waals surface area contributed by atoms with Crippen molar-refractivity contribution in [3.05, 3.63) is 72.1 Å². The minimum Gasteiger partial charge on any atom is -0.394 e. The number of hydrogen-bond acceptors (Lipinski definition) is 5. The van der Waals surface area contributed by atoms with Crippen molar-refractivity contribution >= 4 is 5.91 Å². The first-order valence-electron chi connectivity index (χ1n) is 8.82. The summed E-state index contributed by atoms with van der Waals surface area (Å²) in [4.78, 5) is 19.1. The van der Waals surface area contributed by atoms with E-state index in [0.29, 0.717) is 24.5 Å². The van der Waals surface area contributed by atoms with Gasteiger partial charge in [-0.15, -0.1) is 0 Å². The summed E-state index contributed by atoms with van der Waals surface area (Å²) in [6.45, 7) is 0.725. The molecule has 0 bridgehead atoms. The molecule has 1 aliphatic heterocycles. The monoisotopic (exact) mass is 364 g/mol. The van der Waals surface area contributed by atoms with Crippen LogP contribution in [-0.2, 0) is 4.74 Å². The van der Waals surface area contributed by atoms with Gasteiger partial charge in [-0.3, -0.25) is 9.89 Å². The van der Waals surface area contributed by atoms with E-state index >= 15 is 0 Å². The number of nitrogens with one attached hydrogen (secondary N) is 1. The van der Waals surface area contributed by atoms with Crippen LogP contribution in [0.3, 0.4) is 0 Å². The van der Waals surface area contributed by atoms with E-state index in [1.807, 2.05) is 42.5 Å². The zero-order chi connectivity index (χ0) is 18.6. The third kappa shape index (κ3) is 3.47. The smallest absolute Gasteiger partial charge is 0.254 e. The van der Waals surface area contributed by atoms with E-state index in [4.69, 9.17) is 4.74 Å². The maximum absolute atomic E-state index is 13.2. The number of ether oxygens (including phenoxy) is 1. The molecule has 1 aromatic heterocycles. The molecular weight excluding hydrogens is 344 g/mol. The van der Waals surface area contributed by atoms with Crippen molar-refractivity contribution in [2.45, 2.75) is 12.1 Å². The van der Waals surface area contributed by atoms with Gasteiger partial charge in [0, 0.05) is 17.7 Å². The van der Waals surface area contributed by atoms with Crippen LogP contribution in [0, 0.1) is 0 Å². The highest BCUT2D eigenvalue weighted by Crippen LogP contribution is 2.31. The number of aliphatic hydroxyl groups is 1. The fraction of sp³-hybridized carbons (Fsp3) is 0.250. The van der Waals surface area contributed by atoms with Crippen molar-refractivity contribution in [1.82, 2.24) is 20.1 Å². The fourth-order valence-corrected chi connectivity index (χ4v) is 3.44. The Hall–Kier alpha value is -3.03. The Morgan fingerprint density at radius 1 is 1.19 bits per heavy atom. The minimum atomic E-state index is -0.446. The van der Waals surface area contributed by atoms with Gasteiger partial charge in [-0.05, 0) is 17.7 Å². The molecule has 27 heavy (non-hydrogen) atoms. The number of rotatable bonds is 4. The molecule has 7 heteroatoms. The first kappa shape index (κ1) is 17.4. The predicted octanol–water partition coefficient (Wildman–Crippen LogP) is 2.05. The Kier molecular flexibility index (Phi) is 4.95. The van der Waals surface area contributed by atoms with Crippen LogP contribution in [0.4, 0.5) is 0 Å². The molecule has 0 radical (unpaired) electrons. The first-order valence-corrected chi connectivity index (χ1v) is 8.82. The molecule has 0 saturated carbocycles. The maximum Gasteiger partial charge on any atom is 0.254 e. The van der Waals surface area contributed by atoms with Crippen molar-refractivity contribution in [1.29, 1.82) is 0 Å². The highest BCUT2D eigenvalue weighted by molar-refractivity contribution is 5.95. The van der Waals surface area contributed by atoms with Crippen LogP contribution >= 0.6 is 0 Å². The van der Waals surface area contributed by atoms with E-state index in [9.17, 15) is 9.90 Å². The molecular formula is C20H20N4O3. The number of aliphatic hydroxyl groups excluding tert-OH is 1. The molecule has 2 N–H and O–H groups in total. The zero-order valence-corrected chi connectivity index (χ0v) is 14.7. The number of aromatic amines is 1. The van der Waals surface area contributed by atoms with Crippen molar-refractivity contribution < 1.29 is 14.6 Å². The molecule has 0 aliphatic carbocycles. The van der Waals surface area contributed by atoms with Crippen molar-refractivity contribution in [3.8, 4) is 11.4 Å². The van der Waals surface area contributed by atoms with E-state index < -0.39 is 6.10 Å². The molecule has 2 aromatic carbocycles. The summed E-state index contributed by atoms with van der Waals surface area (Å²) in [5.74, 6) is 0.567. The second-order valence-corrected chi connectivity index (χ2v) is 6.36. The molecule has 2 atom stereocenters. The number of hydrogen-bond donors (Lipinski definition) is 2. The number of nitrogens with zero attached hydrogens (tertiary/aromatic N) is 3. The summed E-state index contributed by atoms with van der Waals surface area (Å²) < 4.78 is 5.72. The van der Waals surface area contributed by atoms with Crippen LogP contribution < -0.4 is 0 Å². The molecule has 1 aliphatic rings. The lowest BCUT2D eigenvalue weighted by molar-refractivity contribution is -0.0811. The van der Waals surface area contributed by atoms with Crippen LogP contribution in [0.5, 0.6) is 0 Å². The van der Waals surface area contributed by atoms with E-state index in [-0.39, 0.29) is 18.6 Å². The number of carbonyl (C=O) groups excluding carboxylic acids is 1. The summed E-state index contributed by atoms with van der Waals surface area (Å²) in [7, 11) is 0. The lowest BCUT2D eigenvalue weighted by atomic mass is 9.97. The fourth-order valence-electron chi connectivity index (χ4n) is 3.44. The van der Waals surface area contributed by atoms with Gasteiger partial charge in [-0.2, -0.15) is 5.10 Å². The molecule has 7 nitrogen and oxygen atoms in total. The molecule has 1 fully saturated rings. The summed E-state index contributed by atoms with van der Waals surface area (Å²) >= 11 is 0. The lowest BCUT2D eigenvalue weighted by Gasteiger charge is -2.41. The molecule has 138 valence electrons. The predicted molar refractivity (Wildman–Crippen MR) is 98.9 cm³/mol. The van der Waals surface area contributed by atoms with Crippen LogP contribution in [0.2, 0.25) is 0 Å². The molecule has 0 unspecified atom stereocenters. The van der Waals surface area contributed by atoms with E-state index in [2.05, 4.69) is 15.2 Å². The Balaban J connectivity index is 1.62. The van der Waals surface area contributed by atoms with Gasteiger partial charge in [0.2, 0.25) is 0 Å². The standard InChI is InChI=1S/C20H20N4O3/c25-12-17-18(14-4-2-1-3-5-14)24(10-11-27-17)20(26)16-8-6-15(7-9-16)19-21-13-22-23-19/h1-9,13,17-18,25H,10-12H2,(H,21,22,23)/t17-,18-/m0/s1. The van der Waals surface area contributed by atoms with Gasteiger partial charge in [0.05, 0.1) is 19.3 Å². The van der Waals surface area contributed by atoms with E-state index in [1.165, 1.54) is 6.33 Å². The molecule has 4 rings (SSSR count). The van der Waals surface area contributed by atoms with E-state index in [1.54, 1.807) is 17.0 Å². The zero-order valence-electron chi connectivity index (χ0n) is 14.7. The summed E-state index contributed by atoms with van der Waals surface area (Å²) in [6, 6.07) is 16.6. The van der Waals surface area contributed by atoms with Crippen molar-refractivity contribution in [2.75, 3.05) is 19.8 Å². The van der Waals surface area contributed by atoms with Gasteiger partial charge >= 0.3 is 0 Å². The largest absolute Gasteiger partial charge is 0.394 e. The summed E-state index contributed by atoms with van der Waals surface area (Å²) in [5, 5.41) is 16.4. The summed E-state index contributed by atoms with van der Waals surface area (Å²) in [5.41, 5.74) is 2.39. The van der Waals surface area contributed by atoms with Crippen molar-refractivity contribution in [3.63, 3.8) is 0 Å². The highest BCUT2D eigenvalue weighted by atomic mass is 16.5. The third-order valence-electron chi connectivity index (χ3n) is 4.75. The average Bonchev–Trinajstić information content (AvgIpc) is 3.28. The minimum absolute atomic E-state index is 0.0882. The van der Waals surface area contributed by atoms with Crippen LogP contribution in [-0.4, -0.2) is 57.0 Å². The topological polar surface area (TPSA) is 91.3 Å². The number of amides is 1. The van der Waals surface area contributed by atoms with Gasteiger partial charge in [0.25, 0.3) is 5.91 Å². The molecule has 2 heterocycles. The first-order chi connectivity index (χ1) is 13.3. The number of aromatic nitrogens is 3. The van der Waals surface area contributed by atoms with Gasteiger partial charge in [0.1, 0.15) is 12.4 Å². The second kappa shape index (κ2) is 7.69. The number of carbonyl (C=O) groups is 1. The normalized spacial score (nSPS) is 19.8. The van der Waals surface area contributed by atoms with Gasteiger partial charge < -0.3 is 14.7 Å². The van der Waals surface area contributed by atoms with Gasteiger partial charge in [0.15, 0.2) is 5.82 Å². The number of benzene rings is 2. The highest BCUT2D eigenvalue weighted by Gasteiger charge is 2.36. The van der Waals surface area contributed by atoms with Crippen LogP contribution in [0.25, 0.3) is 11.4 Å². The molecule has 0 spiro atoms. The van der Waals surface area contributed by atoms with Gasteiger partial charge in [-0.1, -0.05) is 42.5 Å².